The zero-order valence-electron chi connectivity index (χ0n) is 14.8. The number of rotatable bonds is 6. The number of carboxylic acids is 1. The number of amides is 1. The lowest BCUT2D eigenvalue weighted by atomic mass is 9.82. The van der Waals surface area contributed by atoms with Gasteiger partial charge < -0.3 is 19.5 Å². The van der Waals surface area contributed by atoms with E-state index >= 15 is 0 Å². The van der Waals surface area contributed by atoms with Crippen LogP contribution in [0.3, 0.4) is 0 Å². The summed E-state index contributed by atoms with van der Waals surface area (Å²) in [6.07, 6.45) is 2.03. The molecule has 0 radical (unpaired) electrons. The Morgan fingerprint density at radius 2 is 2.12 bits per heavy atom. The van der Waals surface area contributed by atoms with Crippen molar-refractivity contribution in [3.63, 3.8) is 0 Å². The van der Waals surface area contributed by atoms with Gasteiger partial charge in [0.25, 0.3) is 5.91 Å². The smallest absolute Gasteiger partial charge is 0.311 e. The number of ether oxygens (including phenoxy) is 2. The largest absolute Gasteiger partial charge is 0.493 e. The molecule has 1 aliphatic heterocycles. The molecule has 1 aromatic carbocycles. The first-order valence-corrected chi connectivity index (χ1v) is 8.73. The van der Waals surface area contributed by atoms with Crippen LogP contribution in [0.25, 0.3) is 0 Å². The topological polar surface area (TPSA) is 76.1 Å². The number of halogens is 1. The molecule has 1 aliphatic rings. The standard InChI is InChI=1S/C18H24ClNO5/c1-4-8-25-15-13(19)9-12(10-14(15)24-3)16(21)20-7-5-6-18(2,11-20)17(22)23/h9-10H,4-8,11H2,1-3H3,(H,22,23). The van der Waals surface area contributed by atoms with Crippen LogP contribution in [0, 0.1) is 5.41 Å². The minimum Gasteiger partial charge on any atom is -0.493 e. The molecule has 1 fully saturated rings. The SMILES string of the molecule is CCCOc1c(Cl)cc(C(=O)N2CCCC(C)(C(=O)O)C2)cc1OC. The number of hydrogen-bond donors (Lipinski definition) is 1. The summed E-state index contributed by atoms with van der Waals surface area (Å²) in [5, 5.41) is 9.72. The lowest BCUT2D eigenvalue weighted by Gasteiger charge is -2.37. The normalized spacial score (nSPS) is 20.2. The molecule has 7 heteroatoms. The molecule has 25 heavy (non-hydrogen) atoms. The molecule has 0 aromatic heterocycles. The zero-order valence-corrected chi connectivity index (χ0v) is 15.6. The molecular weight excluding hydrogens is 346 g/mol. The second-order valence-corrected chi connectivity index (χ2v) is 6.94. The molecule has 1 aromatic rings. The van der Waals surface area contributed by atoms with E-state index in [9.17, 15) is 14.7 Å². The van der Waals surface area contributed by atoms with Crippen molar-refractivity contribution in [1.29, 1.82) is 0 Å². The van der Waals surface area contributed by atoms with Gasteiger partial charge in [-0.3, -0.25) is 9.59 Å². The number of carbonyl (C=O) groups excluding carboxylic acids is 1. The predicted molar refractivity (Wildman–Crippen MR) is 94.7 cm³/mol. The van der Waals surface area contributed by atoms with E-state index in [4.69, 9.17) is 21.1 Å². The van der Waals surface area contributed by atoms with Crippen LogP contribution in [0.15, 0.2) is 12.1 Å². The van der Waals surface area contributed by atoms with Crippen LogP contribution in [-0.4, -0.2) is 48.7 Å². The van der Waals surface area contributed by atoms with Crippen LogP contribution in [0.5, 0.6) is 11.5 Å². The summed E-state index contributed by atoms with van der Waals surface area (Å²) in [7, 11) is 1.49. The fourth-order valence-corrected chi connectivity index (χ4v) is 3.22. The van der Waals surface area contributed by atoms with Crippen molar-refractivity contribution < 1.29 is 24.2 Å². The fourth-order valence-electron chi connectivity index (χ4n) is 2.96. The first-order valence-electron chi connectivity index (χ1n) is 8.35. The number of nitrogens with zero attached hydrogens (tertiary/aromatic N) is 1. The van der Waals surface area contributed by atoms with Gasteiger partial charge in [0.05, 0.1) is 24.2 Å². The average Bonchev–Trinajstić information content (AvgIpc) is 2.59. The number of carboxylic acid groups (broad SMARTS) is 1. The fraction of sp³-hybridized carbons (Fsp3) is 0.556. The van der Waals surface area contributed by atoms with Gasteiger partial charge in [0, 0.05) is 18.7 Å². The molecular formula is C18H24ClNO5. The second kappa shape index (κ2) is 7.95. The van der Waals surface area contributed by atoms with Gasteiger partial charge in [-0.05, 0) is 38.3 Å². The average molecular weight is 370 g/mol. The lowest BCUT2D eigenvalue weighted by molar-refractivity contribution is -0.150. The highest BCUT2D eigenvalue weighted by Gasteiger charge is 2.39. The van der Waals surface area contributed by atoms with Gasteiger partial charge >= 0.3 is 5.97 Å². The molecule has 1 heterocycles. The Morgan fingerprint density at radius 1 is 1.40 bits per heavy atom. The molecule has 1 saturated heterocycles. The van der Waals surface area contributed by atoms with Crippen LogP contribution < -0.4 is 9.47 Å². The third kappa shape index (κ3) is 4.18. The van der Waals surface area contributed by atoms with E-state index in [1.807, 2.05) is 6.92 Å². The van der Waals surface area contributed by atoms with Crippen molar-refractivity contribution in [2.24, 2.45) is 5.41 Å². The van der Waals surface area contributed by atoms with Gasteiger partial charge in [-0.2, -0.15) is 0 Å². The number of carbonyl (C=O) groups is 2. The molecule has 138 valence electrons. The Morgan fingerprint density at radius 3 is 2.72 bits per heavy atom. The number of likely N-dealkylation sites (tertiary alicyclic amines) is 1. The van der Waals surface area contributed by atoms with Gasteiger partial charge in [0.15, 0.2) is 11.5 Å². The van der Waals surface area contributed by atoms with Crippen molar-refractivity contribution in [3.8, 4) is 11.5 Å². The second-order valence-electron chi connectivity index (χ2n) is 6.53. The first-order chi connectivity index (χ1) is 11.8. The lowest BCUT2D eigenvalue weighted by Crippen LogP contribution is -2.48. The zero-order chi connectivity index (χ0) is 18.6. The summed E-state index contributed by atoms with van der Waals surface area (Å²) in [5.74, 6) is -0.336. The summed E-state index contributed by atoms with van der Waals surface area (Å²) >= 11 is 6.27. The van der Waals surface area contributed by atoms with Gasteiger partial charge in [-0.25, -0.2) is 0 Å². The Hall–Kier alpha value is -1.95. The summed E-state index contributed by atoms with van der Waals surface area (Å²) in [6, 6.07) is 3.13. The number of hydrogen-bond acceptors (Lipinski definition) is 4. The van der Waals surface area contributed by atoms with Crippen LogP contribution in [0.2, 0.25) is 5.02 Å². The maximum atomic E-state index is 12.8. The molecule has 1 N–H and O–H groups in total. The summed E-state index contributed by atoms with van der Waals surface area (Å²) in [6.45, 7) is 4.84. The molecule has 0 aliphatic carbocycles. The van der Waals surface area contributed by atoms with E-state index in [2.05, 4.69) is 0 Å². The summed E-state index contributed by atoms with van der Waals surface area (Å²) < 4.78 is 10.9. The molecule has 1 unspecified atom stereocenters. The van der Waals surface area contributed by atoms with Crippen LogP contribution in [0.1, 0.15) is 43.5 Å². The molecule has 1 atom stereocenters. The third-order valence-electron chi connectivity index (χ3n) is 4.43. The highest BCUT2D eigenvalue weighted by molar-refractivity contribution is 6.32. The van der Waals surface area contributed by atoms with E-state index in [1.54, 1.807) is 24.0 Å². The Kier molecular flexibility index (Phi) is 6.16. The van der Waals surface area contributed by atoms with Crippen molar-refractivity contribution in [2.45, 2.75) is 33.1 Å². The number of piperidine rings is 1. The number of benzene rings is 1. The highest BCUT2D eigenvalue weighted by atomic mass is 35.5. The van der Waals surface area contributed by atoms with Crippen molar-refractivity contribution >= 4 is 23.5 Å². The number of aliphatic carboxylic acids is 1. The minimum absolute atomic E-state index is 0.176. The van der Waals surface area contributed by atoms with Crippen molar-refractivity contribution in [1.82, 2.24) is 4.90 Å². The Labute approximate surface area is 152 Å². The quantitative estimate of drug-likeness (QED) is 0.830. The molecule has 0 spiro atoms. The Bertz CT molecular complexity index is 663. The van der Waals surface area contributed by atoms with Gasteiger partial charge in [0.2, 0.25) is 0 Å². The van der Waals surface area contributed by atoms with E-state index in [-0.39, 0.29) is 12.5 Å². The van der Waals surface area contributed by atoms with Crippen LogP contribution in [-0.2, 0) is 4.79 Å². The molecule has 0 saturated carbocycles. The first kappa shape index (κ1) is 19.4. The van der Waals surface area contributed by atoms with Crippen LogP contribution in [0.4, 0.5) is 0 Å². The van der Waals surface area contributed by atoms with Gasteiger partial charge in [-0.15, -0.1) is 0 Å². The van der Waals surface area contributed by atoms with Crippen molar-refractivity contribution in [2.75, 3.05) is 26.8 Å². The molecule has 6 nitrogen and oxygen atoms in total. The maximum absolute atomic E-state index is 12.8. The van der Waals surface area contributed by atoms with E-state index in [0.29, 0.717) is 48.1 Å². The van der Waals surface area contributed by atoms with Gasteiger partial charge in [-0.1, -0.05) is 18.5 Å². The summed E-state index contributed by atoms with van der Waals surface area (Å²) in [4.78, 5) is 25.9. The molecule has 0 bridgehead atoms. The summed E-state index contributed by atoms with van der Waals surface area (Å²) in [5.41, 5.74) is -0.563. The van der Waals surface area contributed by atoms with E-state index in [0.717, 1.165) is 6.42 Å². The van der Waals surface area contributed by atoms with E-state index < -0.39 is 11.4 Å². The van der Waals surface area contributed by atoms with E-state index in [1.165, 1.54) is 7.11 Å². The van der Waals surface area contributed by atoms with Crippen molar-refractivity contribution in [3.05, 3.63) is 22.7 Å². The maximum Gasteiger partial charge on any atom is 0.311 e. The predicted octanol–water partition coefficient (Wildman–Crippen LogP) is 3.46. The highest BCUT2D eigenvalue weighted by Crippen LogP contribution is 2.37. The molecule has 1 amide bonds. The minimum atomic E-state index is -0.925. The number of methoxy groups -OCH3 is 1. The van der Waals surface area contributed by atoms with Gasteiger partial charge in [0.1, 0.15) is 0 Å². The monoisotopic (exact) mass is 369 g/mol. The third-order valence-corrected chi connectivity index (χ3v) is 4.71. The Balaban J connectivity index is 2.27. The van der Waals surface area contributed by atoms with Crippen LogP contribution >= 0.6 is 11.6 Å². The molecule has 2 rings (SSSR count).